The number of hydrogen-bond acceptors (Lipinski definition) is 2. The van der Waals surface area contributed by atoms with Crippen LogP contribution in [0.4, 0.5) is 13.2 Å². The molecule has 0 spiro atoms. The fraction of sp³-hybridized carbons (Fsp3) is 0.300. The number of aliphatic hydroxyl groups is 1. The van der Waals surface area contributed by atoms with Crippen LogP contribution in [0.5, 0.6) is 0 Å². The molecule has 0 saturated carbocycles. The molecule has 0 aliphatic rings. The fourth-order valence-corrected chi connectivity index (χ4v) is 1.26. The van der Waals surface area contributed by atoms with Crippen LogP contribution in [0, 0.1) is 0 Å². The highest BCUT2D eigenvalue weighted by atomic mass is 35.5. The van der Waals surface area contributed by atoms with Gasteiger partial charge in [0.05, 0.1) is 5.56 Å². The number of aliphatic hydroxyl groups excluding tert-OH is 1. The first kappa shape index (κ1) is 13.0. The van der Waals surface area contributed by atoms with Crippen LogP contribution in [-0.2, 0) is 6.18 Å². The Labute approximate surface area is 95.4 Å². The largest absolute Gasteiger partial charge is 0.419 e. The Morgan fingerprint density at radius 2 is 2.12 bits per heavy atom. The van der Waals surface area contributed by atoms with E-state index in [0.29, 0.717) is 12.0 Å². The van der Waals surface area contributed by atoms with Crippen LogP contribution >= 0.6 is 11.6 Å². The fourth-order valence-electron chi connectivity index (χ4n) is 1.05. The summed E-state index contributed by atoms with van der Waals surface area (Å²) in [5.41, 5.74) is -0.662. The molecule has 0 bridgehead atoms. The number of pyridine rings is 1. The van der Waals surface area contributed by atoms with Gasteiger partial charge in [-0.05, 0) is 18.1 Å². The summed E-state index contributed by atoms with van der Waals surface area (Å²) in [6.07, 6.45) is 0.125. The normalized spacial score (nSPS) is 12.3. The van der Waals surface area contributed by atoms with E-state index in [9.17, 15) is 13.2 Å². The Morgan fingerprint density at radius 3 is 2.69 bits per heavy atom. The van der Waals surface area contributed by atoms with Crippen molar-refractivity contribution in [2.24, 2.45) is 0 Å². The van der Waals surface area contributed by atoms with Crippen LogP contribution in [0.15, 0.2) is 18.3 Å². The lowest BCUT2D eigenvalue weighted by Crippen LogP contribution is -2.07. The Morgan fingerprint density at radius 1 is 1.44 bits per heavy atom. The third-order valence-electron chi connectivity index (χ3n) is 1.77. The molecule has 0 aliphatic carbocycles. The molecular weight excluding hydrogens is 243 g/mol. The van der Waals surface area contributed by atoms with Gasteiger partial charge in [0.2, 0.25) is 0 Å². The van der Waals surface area contributed by atoms with Gasteiger partial charge in [-0.1, -0.05) is 23.8 Å². The Balaban J connectivity index is 2.99. The quantitative estimate of drug-likeness (QED) is 0.837. The van der Waals surface area contributed by atoms with E-state index in [-0.39, 0.29) is 6.61 Å². The molecule has 2 nitrogen and oxygen atoms in total. The van der Waals surface area contributed by atoms with Gasteiger partial charge in [-0.3, -0.25) is 0 Å². The van der Waals surface area contributed by atoms with Gasteiger partial charge >= 0.3 is 6.18 Å². The summed E-state index contributed by atoms with van der Waals surface area (Å²) < 4.78 is 37.3. The molecule has 88 valence electrons. The van der Waals surface area contributed by atoms with Gasteiger partial charge < -0.3 is 5.11 Å². The number of aromatic nitrogens is 1. The molecule has 0 aromatic carbocycles. The van der Waals surface area contributed by atoms with E-state index in [0.717, 1.165) is 6.07 Å². The molecule has 0 atom stereocenters. The second-order valence-electron chi connectivity index (χ2n) is 3.02. The third kappa shape index (κ3) is 3.50. The first-order valence-electron chi connectivity index (χ1n) is 4.45. The monoisotopic (exact) mass is 251 g/mol. The van der Waals surface area contributed by atoms with Gasteiger partial charge in [0.15, 0.2) is 0 Å². The standard InChI is InChI=1S/C10H9ClF3NO/c11-9-8(10(12,13)14)5-7(6-15-9)3-1-2-4-16/h1,3,5-6,16H,2,4H2. The lowest BCUT2D eigenvalue weighted by atomic mass is 10.2. The highest BCUT2D eigenvalue weighted by Gasteiger charge is 2.33. The van der Waals surface area contributed by atoms with E-state index in [1.807, 2.05) is 0 Å². The predicted octanol–water partition coefficient (Wildman–Crippen LogP) is 3.15. The van der Waals surface area contributed by atoms with Gasteiger partial charge in [0.1, 0.15) is 5.15 Å². The molecule has 1 rings (SSSR count). The summed E-state index contributed by atoms with van der Waals surface area (Å²) in [7, 11) is 0. The summed E-state index contributed by atoms with van der Waals surface area (Å²) in [5.74, 6) is 0. The molecule has 0 amide bonds. The Kier molecular flexibility index (Phi) is 4.32. The van der Waals surface area contributed by atoms with E-state index in [1.54, 1.807) is 6.08 Å². The molecule has 0 radical (unpaired) electrons. The average molecular weight is 252 g/mol. The maximum Gasteiger partial charge on any atom is 0.419 e. The Hall–Kier alpha value is -1.07. The molecular formula is C10H9ClF3NO. The topological polar surface area (TPSA) is 33.1 Å². The van der Waals surface area contributed by atoms with E-state index < -0.39 is 16.9 Å². The molecule has 6 heteroatoms. The van der Waals surface area contributed by atoms with Gasteiger partial charge in [0.25, 0.3) is 0 Å². The minimum absolute atomic E-state index is 0.0519. The molecule has 0 unspecified atom stereocenters. The van der Waals surface area contributed by atoms with Crippen LogP contribution in [-0.4, -0.2) is 16.7 Å². The minimum Gasteiger partial charge on any atom is -0.396 e. The van der Waals surface area contributed by atoms with Crippen molar-refractivity contribution in [3.63, 3.8) is 0 Å². The van der Waals surface area contributed by atoms with Crippen molar-refractivity contribution in [1.29, 1.82) is 0 Å². The SMILES string of the molecule is OCCC=Cc1cnc(Cl)c(C(F)(F)F)c1. The number of nitrogens with zero attached hydrogens (tertiary/aromatic N) is 1. The maximum atomic E-state index is 12.4. The Bertz CT molecular complexity index is 390. The molecule has 0 saturated heterocycles. The van der Waals surface area contributed by atoms with Crippen molar-refractivity contribution in [2.75, 3.05) is 6.61 Å². The number of halogens is 4. The summed E-state index contributed by atoms with van der Waals surface area (Å²) in [6, 6.07) is 0.920. The summed E-state index contributed by atoms with van der Waals surface area (Å²) in [4.78, 5) is 3.46. The molecule has 16 heavy (non-hydrogen) atoms. The van der Waals surface area contributed by atoms with Crippen LogP contribution in [0.3, 0.4) is 0 Å². The van der Waals surface area contributed by atoms with Crippen molar-refractivity contribution in [1.82, 2.24) is 4.98 Å². The molecule has 0 fully saturated rings. The number of alkyl halides is 3. The highest BCUT2D eigenvalue weighted by molar-refractivity contribution is 6.30. The second-order valence-corrected chi connectivity index (χ2v) is 3.38. The van der Waals surface area contributed by atoms with E-state index in [1.165, 1.54) is 12.3 Å². The highest BCUT2D eigenvalue weighted by Crippen LogP contribution is 2.34. The van der Waals surface area contributed by atoms with Gasteiger partial charge in [-0.15, -0.1) is 0 Å². The molecule has 0 aliphatic heterocycles. The van der Waals surface area contributed by atoms with Crippen molar-refractivity contribution in [3.8, 4) is 0 Å². The van der Waals surface area contributed by atoms with Gasteiger partial charge in [-0.2, -0.15) is 13.2 Å². The summed E-state index contributed by atoms with van der Waals surface area (Å²) in [5, 5.41) is 7.94. The zero-order chi connectivity index (χ0) is 12.2. The molecule has 1 aromatic heterocycles. The van der Waals surface area contributed by atoms with E-state index in [2.05, 4.69) is 4.98 Å². The first-order valence-corrected chi connectivity index (χ1v) is 4.83. The van der Waals surface area contributed by atoms with Crippen molar-refractivity contribution in [3.05, 3.63) is 34.6 Å². The van der Waals surface area contributed by atoms with Gasteiger partial charge in [0, 0.05) is 12.8 Å². The average Bonchev–Trinajstić information content (AvgIpc) is 2.19. The lowest BCUT2D eigenvalue weighted by molar-refractivity contribution is -0.137. The number of rotatable bonds is 3. The zero-order valence-corrected chi connectivity index (χ0v) is 8.89. The predicted molar refractivity (Wildman–Crippen MR) is 55.0 cm³/mol. The first-order chi connectivity index (χ1) is 7.45. The molecule has 1 aromatic rings. The summed E-state index contributed by atoms with van der Waals surface area (Å²) >= 11 is 5.35. The van der Waals surface area contributed by atoms with Crippen LogP contribution in [0.1, 0.15) is 17.5 Å². The van der Waals surface area contributed by atoms with Gasteiger partial charge in [-0.25, -0.2) is 4.98 Å². The smallest absolute Gasteiger partial charge is 0.396 e. The van der Waals surface area contributed by atoms with Crippen molar-refractivity contribution >= 4 is 17.7 Å². The summed E-state index contributed by atoms with van der Waals surface area (Å²) in [6.45, 7) is -0.0519. The van der Waals surface area contributed by atoms with E-state index in [4.69, 9.17) is 16.7 Å². The van der Waals surface area contributed by atoms with E-state index >= 15 is 0 Å². The minimum atomic E-state index is -4.51. The zero-order valence-electron chi connectivity index (χ0n) is 8.13. The second kappa shape index (κ2) is 5.32. The van der Waals surface area contributed by atoms with Crippen LogP contribution in [0.25, 0.3) is 6.08 Å². The van der Waals surface area contributed by atoms with Crippen LogP contribution < -0.4 is 0 Å². The van der Waals surface area contributed by atoms with Crippen molar-refractivity contribution in [2.45, 2.75) is 12.6 Å². The molecule has 1 heterocycles. The van der Waals surface area contributed by atoms with Crippen molar-refractivity contribution < 1.29 is 18.3 Å². The van der Waals surface area contributed by atoms with Crippen LogP contribution in [0.2, 0.25) is 5.15 Å². The number of hydrogen-bond donors (Lipinski definition) is 1. The maximum absolute atomic E-state index is 12.4. The molecule has 1 N–H and O–H groups in total. The lowest BCUT2D eigenvalue weighted by Gasteiger charge is -2.08. The third-order valence-corrected chi connectivity index (χ3v) is 2.07.